The van der Waals surface area contributed by atoms with Gasteiger partial charge >= 0.3 is 6.09 Å². The lowest BCUT2D eigenvalue weighted by atomic mass is 10.2. The second-order valence-corrected chi connectivity index (χ2v) is 5.20. The lowest BCUT2D eigenvalue weighted by Gasteiger charge is -2.16. The Morgan fingerprint density at radius 2 is 1.90 bits per heavy atom. The molecule has 1 aromatic carbocycles. The monoisotopic (exact) mass is 280 g/mol. The average Bonchev–Trinajstić information content (AvgIpc) is 2.35. The van der Waals surface area contributed by atoms with Gasteiger partial charge in [0.1, 0.15) is 5.60 Å². The summed E-state index contributed by atoms with van der Waals surface area (Å²) in [6, 6.07) is 9.96. The summed E-state index contributed by atoms with van der Waals surface area (Å²) in [5, 5.41) is 6.92. The van der Waals surface area contributed by atoms with E-state index in [1.54, 1.807) is 20.8 Å². The van der Waals surface area contributed by atoms with Crippen molar-refractivity contribution < 1.29 is 14.3 Å². The molecule has 1 rings (SSSR count). The van der Waals surface area contributed by atoms with Gasteiger partial charge in [0.15, 0.2) is 0 Å². The fourth-order valence-corrected chi connectivity index (χ4v) is 1.15. The molecule has 0 fully saturated rings. The van der Waals surface area contributed by atoms with Crippen LogP contribution in [0.25, 0.3) is 0 Å². The van der Waals surface area contributed by atoms with Gasteiger partial charge in [-0.3, -0.25) is 0 Å². The number of hydrogen-bond donors (Lipinski definition) is 2. The molecule has 0 unspecified atom stereocenters. The van der Waals surface area contributed by atoms with E-state index in [-0.39, 0.29) is 6.10 Å². The molecule has 1 amide bonds. The van der Waals surface area contributed by atoms with Gasteiger partial charge in [0, 0.05) is 6.21 Å². The number of carbonyl (C=O) groups excluding carboxylic acids is 1. The van der Waals surface area contributed by atoms with Crippen LogP contribution in [0.4, 0.5) is 4.79 Å². The normalized spacial score (nSPS) is 11.8. The highest BCUT2D eigenvalue weighted by Crippen LogP contribution is 2.04. The minimum absolute atomic E-state index is 0.0924. The van der Waals surface area contributed by atoms with Crippen LogP contribution in [-0.2, 0) is 16.1 Å². The first-order chi connectivity index (χ1) is 9.24. The summed E-state index contributed by atoms with van der Waals surface area (Å²) in [5.41, 5.74) is 5.41. The first kappa shape index (κ1) is 18.1. The van der Waals surface area contributed by atoms with E-state index in [0.717, 1.165) is 5.56 Å². The Kier molecular flexibility index (Phi) is 8.24. The Balaban J connectivity index is 0.000000396. The highest BCUT2D eigenvalue weighted by Gasteiger charge is 2.12. The molecule has 0 heterocycles. The molecule has 0 bridgehead atoms. The van der Waals surface area contributed by atoms with Gasteiger partial charge in [-0.15, -0.1) is 0 Å². The van der Waals surface area contributed by atoms with Crippen LogP contribution in [0.3, 0.4) is 0 Å². The van der Waals surface area contributed by atoms with Crippen LogP contribution in [0, 0.1) is 5.41 Å². The molecule has 0 saturated heterocycles. The van der Waals surface area contributed by atoms with Crippen molar-refractivity contribution in [2.45, 2.75) is 46.0 Å². The molecular weight excluding hydrogens is 256 g/mol. The van der Waals surface area contributed by atoms with Gasteiger partial charge in [0.05, 0.1) is 12.7 Å². The molecule has 3 N–H and O–H groups in total. The van der Waals surface area contributed by atoms with Crippen molar-refractivity contribution in [3.05, 3.63) is 35.9 Å². The first-order valence-corrected chi connectivity index (χ1v) is 6.39. The molecule has 5 heteroatoms. The van der Waals surface area contributed by atoms with Crippen molar-refractivity contribution in [3.8, 4) is 0 Å². The third-order valence-corrected chi connectivity index (χ3v) is 2.00. The Bertz CT molecular complexity index is 399. The molecule has 0 saturated carbocycles. The van der Waals surface area contributed by atoms with Gasteiger partial charge in [-0.25, -0.2) is 4.79 Å². The number of ether oxygens (including phenoxy) is 2. The molecule has 0 aliphatic rings. The van der Waals surface area contributed by atoms with E-state index in [2.05, 4.69) is 4.74 Å². The summed E-state index contributed by atoms with van der Waals surface area (Å²) in [6.07, 6.45) is 0.478. The molecule has 0 aliphatic heterocycles. The highest BCUT2D eigenvalue weighted by atomic mass is 16.6. The lowest BCUT2D eigenvalue weighted by molar-refractivity contribution is 0.0600. The van der Waals surface area contributed by atoms with Crippen molar-refractivity contribution in [1.82, 2.24) is 0 Å². The summed E-state index contributed by atoms with van der Waals surface area (Å²) in [4.78, 5) is 10.0. The first-order valence-electron chi connectivity index (χ1n) is 6.39. The zero-order valence-electron chi connectivity index (χ0n) is 12.6. The van der Waals surface area contributed by atoms with Gasteiger partial charge in [0.25, 0.3) is 0 Å². The molecule has 1 atom stereocenters. The zero-order valence-corrected chi connectivity index (χ0v) is 12.6. The fourth-order valence-electron chi connectivity index (χ4n) is 1.15. The van der Waals surface area contributed by atoms with Crippen LogP contribution in [0.15, 0.2) is 30.3 Å². The van der Waals surface area contributed by atoms with Crippen LogP contribution in [0.1, 0.15) is 33.3 Å². The van der Waals surface area contributed by atoms with Gasteiger partial charge in [-0.2, -0.15) is 0 Å². The maximum Gasteiger partial charge on any atom is 0.405 e. The predicted octanol–water partition coefficient (Wildman–Crippen LogP) is 3.12. The van der Waals surface area contributed by atoms with Crippen molar-refractivity contribution in [2.75, 3.05) is 0 Å². The van der Waals surface area contributed by atoms with Crippen LogP contribution in [-0.4, -0.2) is 24.0 Å². The van der Waals surface area contributed by atoms with E-state index < -0.39 is 11.7 Å². The number of nitrogens with two attached hydrogens (primary N) is 1. The predicted molar refractivity (Wildman–Crippen MR) is 79.9 cm³/mol. The molecule has 0 radical (unpaired) electrons. The van der Waals surface area contributed by atoms with E-state index in [1.807, 2.05) is 37.3 Å². The maximum absolute atomic E-state index is 10.0. The van der Waals surface area contributed by atoms with Crippen LogP contribution < -0.4 is 5.73 Å². The van der Waals surface area contributed by atoms with E-state index in [4.69, 9.17) is 15.9 Å². The fraction of sp³-hybridized carbons (Fsp3) is 0.467. The molecular formula is C15H24N2O3. The second kappa shape index (κ2) is 9.09. The number of benzene rings is 1. The minimum Gasteiger partial charge on any atom is -0.444 e. The summed E-state index contributed by atoms with van der Waals surface area (Å²) in [5.74, 6) is 0. The van der Waals surface area contributed by atoms with Crippen molar-refractivity contribution in [3.63, 3.8) is 0 Å². The number of rotatable bonds is 4. The highest BCUT2D eigenvalue weighted by molar-refractivity contribution is 5.65. The van der Waals surface area contributed by atoms with Gasteiger partial charge in [-0.1, -0.05) is 30.3 Å². The minimum atomic E-state index is -0.725. The summed E-state index contributed by atoms with van der Waals surface area (Å²) in [6.45, 7) is 7.72. The molecule has 5 nitrogen and oxygen atoms in total. The Hall–Kier alpha value is -1.88. The van der Waals surface area contributed by atoms with Gasteiger partial charge in [0.2, 0.25) is 0 Å². The molecule has 1 aromatic rings. The average molecular weight is 280 g/mol. The van der Waals surface area contributed by atoms with E-state index in [9.17, 15) is 4.79 Å². The van der Waals surface area contributed by atoms with Crippen LogP contribution in [0.2, 0.25) is 0 Å². The van der Waals surface area contributed by atoms with E-state index >= 15 is 0 Å². The molecule has 0 spiro atoms. The van der Waals surface area contributed by atoms with Crippen molar-refractivity contribution >= 4 is 12.3 Å². The Morgan fingerprint density at radius 3 is 2.25 bits per heavy atom. The van der Waals surface area contributed by atoms with Crippen molar-refractivity contribution in [2.24, 2.45) is 5.73 Å². The second-order valence-electron chi connectivity index (χ2n) is 5.20. The largest absolute Gasteiger partial charge is 0.444 e. The molecule has 0 aliphatic carbocycles. The smallest absolute Gasteiger partial charge is 0.405 e. The lowest BCUT2D eigenvalue weighted by Crippen LogP contribution is -2.27. The number of amides is 1. The standard InChI is InChI=1S/C10H13NO.C5H11NO2/c1-9(7-11)12-8-10-5-3-2-4-6-10;1-5(2,3)8-4(6)7/h2-7,9,11H,8H2,1H3;1-3H3,(H2,6,7)/t9-;/m0./s1. The number of primary amides is 1. The van der Waals surface area contributed by atoms with Crippen LogP contribution >= 0.6 is 0 Å². The maximum atomic E-state index is 10.0. The third kappa shape index (κ3) is 11.2. The topological polar surface area (TPSA) is 85.4 Å². The van der Waals surface area contributed by atoms with E-state index in [1.165, 1.54) is 6.21 Å². The van der Waals surface area contributed by atoms with Crippen molar-refractivity contribution in [1.29, 1.82) is 5.41 Å². The quantitative estimate of drug-likeness (QED) is 0.831. The molecule has 20 heavy (non-hydrogen) atoms. The molecule has 0 aromatic heterocycles. The number of carbonyl (C=O) groups is 1. The number of nitrogens with one attached hydrogen (secondary N) is 1. The van der Waals surface area contributed by atoms with Gasteiger partial charge in [-0.05, 0) is 33.3 Å². The van der Waals surface area contributed by atoms with Gasteiger partial charge < -0.3 is 20.6 Å². The molecule has 112 valence electrons. The summed E-state index contributed by atoms with van der Waals surface area (Å²) < 4.78 is 9.91. The zero-order chi connectivity index (χ0) is 15.6. The van der Waals surface area contributed by atoms with E-state index in [0.29, 0.717) is 6.61 Å². The number of hydrogen-bond acceptors (Lipinski definition) is 4. The Morgan fingerprint density at radius 1 is 1.35 bits per heavy atom. The summed E-state index contributed by atoms with van der Waals surface area (Å²) in [7, 11) is 0. The Labute approximate surface area is 120 Å². The SMILES string of the molecule is CC(C)(C)OC(N)=O.C[C@@H](C=N)OCc1ccccc1. The summed E-state index contributed by atoms with van der Waals surface area (Å²) >= 11 is 0. The third-order valence-electron chi connectivity index (χ3n) is 2.00. The van der Waals surface area contributed by atoms with Crippen LogP contribution in [0.5, 0.6) is 0 Å².